The number of rotatable bonds is 5. The van der Waals surface area contributed by atoms with Gasteiger partial charge in [-0.05, 0) is 48.0 Å². The van der Waals surface area contributed by atoms with Gasteiger partial charge in [0.2, 0.25) is 5.78 Å². The summed E-state index contributed by atoms with van der Waals surface area (Å²) in [4.78, 5) is 28.1. The molecule has 1 atom stereocenters. The Kier molecular flexibility index (Phi) is 5.75. The maximum absolute atomic E-state index is 13.7. The molecule has 1 N–H and O–H groups in total. The second-order valence-corrected chi connectivity index (χ2v) is 8.71. The number of nitrogens with zero attached hydrogens (tertiary/aromatic N) is 1. The molecular formula is C26H16Cl2FNO5. The summed E-state index contributed by atoms with van der Waals surface area (Å²) < 4.78 is 24.8. The van der Waals surface area contributed by atoms with Crippen LogP contribution in [-0.2, 0) is 4.79 Å². The van der Waals surface area contributed by atoms with Gasteiger partial charge in [0.05, 0.1) is 18.7 Å². The topological polar surface area (TPSA) is 80.0 Å². The molecule has 9 heteroatoms. The van der Waals surface area contributed by atoms with Gasteiger partial charge in [-0.15, -0.1) is 0 Å². The molecule has 3 aromatic carbocycles. The summed E-state index contributed by atoms with van der Waals surface area (Å²) in [6, 6.07) is 15.3. The van der Waals surface area contributed by atoms with Gasteiger partial charge in [-0.3, -0.25) is 14.5 Å². The second-order valence-electron chi connectivity index (χ2n) is 7.84. The van der Waals surface area contributed by atoms with Gasteiger partial charge < -0.3 is 14.3 Å². The van der Waals surface area contributed by atoms with Crippen LogP contribution in [0.4, 0.5) is 10.1 Å². The molecule has 4 aromatic rings. The number of hydrogen-bond acceptors (Lipinski definition) is 5. The number of furan rings is 1. The lowest BCUT2D eigenvalue weighted by Gasteiger charge is -2.27. The van der Waals surface area contributed by atoms with E-state index in [0.29, 0.717) is 22.3 Å². The van der Waals surface area contributed by atoms with Gasteiger partial charge in [0.15, 0.2) is 22.9 Å². The number of methoxy groups -OCH3 is 1. The van der Waals surface area contributed by atoms with E-state index in [1.807, 2.05) is 0 Å². The van der Waals surface area contributed by atoms with E-state index >= 15 is 0 Å². The molecule has 0 saturated carbocycles. The molecule has 0 bridgehead atoms. The molecule has 35 heavy (non-hydrogen) atoms. The molecule has 1 aliphatic rings. The van der Waals surface area contributed by atoms with Crippen LogP contribution in [0.3, 0.4) is 0 Å². The van der Waals surface area contributed by atoms with Crippen LogP contribution in [0.2, 0.25) is 10.0 Å². The number of ether oxygens (including phenoxy) is 1. The number of halogens is 3. The van der Waals surface area contributed by atoms with Crippen molar-refractivity contribution in [2.75, 3.05) is 12.0 Å². The number of carbonyl (C=O) groups is 2. The van der Waals surface area contributed by atoms with Crippen molar-refractivity contribution >= 4 is 51.5 Å². The Hall–Kier alpha value is -3.81. The summed E-state index contributed by atoms with van der Waals surface area (Å²) in [5.74, 6) is -2.48. The van der Waals surface area contributed by atoms with Crippen molar-refractivity contribution < 1.29 is 28.2 Å². The summed E-state index contributed by atoms with van der Waals surface area (Å²) in [6.07, 6.45) is 0. The molecular weight excluding hydrogens is 496 g/mol. The Morgan fingerprint density at radius 3 is 2.40 bits per heavy atom. The van der Waals surface area contributed by atoms with E-state index in [4.69, 9.17) is 32.4 Å². The van der Waals surface area contributed by atoms with Crippen molar-refractivity contribution in [1.29, 1.82) is 0 Å². The monoisotopic (exact) mass is 511 g/mol. The zero-order valence-electron chi connectivity index (χ0n) is 18.1. The van der Waals surface area contributed by atoms with E-state index in [1.54, 1.807) is 18.2 Å². The van der Waals surface area contributed by atoms with Crippen LogP contribution in [0.25, 0.3) is 11.0 Å². The number of ketones is 1. The Bertz CT molecular complexity index is 1510. The number of anilines is 1. The van der Waals surface area contributed by atoms with Crippen LogP contribution in [-0.4, -0.2) is 23.9 Å². The predicted molar refractivity (Wildman–Crippen MR) is 130 cm³/mol. The number of benzene rings is 3. The molecule has 5 rings (SSSR count). The van der Waals surface area contributed by atoms with Crippen molar-refractivity contribution in [3.8, 4) is 5.75 Å². The lowest BCUT2D eigenvalue weighted by Crippen LogP contribution is -2.31. The molecule has 176 valence electrons. The molecule has 0 aliphatic carbocycles. The third-order valence-corrected chi connectivity index (χ3v) is 6.15. The van der Waals surface area contributed by atoms with Gasteiger partial charge in [0.1, 0.15) is 5.82 Å². The highest BCUT2D eigenvalue weighted by atomic mass is 35.5. The van der Waals surface area contributed by atoms with Gasteiger partial charge >= 0.3 is 0 Å². The Morgan fingerprint density at radius 2 is 1.74 bits per heavy atom. The summed E-state index contributed by atoms with van der Waals surface area (Å²) in [5, 5.41) is 12.0. The first-order chi connectivity index (χ1) is 16.8. The zero-order chi connectivity index (χ0) is 24.9. The molecule has 1 aliphatic heterocycles. The first kappa shape index (κ1) is 23.0. The van der Waals surface area contributed by atoms with Gasteiger partial charge in [-0.1, -0.05) is 47.5 Å². The minimum absolute atomic E-state index is 0.100. The summed E-state index contributed by atoms with van der Waals surface area (Å²) >= 11 is 12.3. The van der Waals surface area contributed by atoms with E-state index in [1.165, 1.54) is 60.5 Å². The van der Waals surface area contributed by atoms with E-state index in [2.05, 4.69) is 0 Å². The number of Topliss-reactive ketones (excluding diaryl/α,β-unsaturated/α-hetero) is 1. The normalized spacial score (nSPS) is 15.8. The van der Waals surface area contributed by atoms with Gasteiger partial charge in [0.25, 0.3) is 5.91 Å². The maximum Gasteiger partial charge on any atom is 0.294 e. The van der Waals surface area contributed by atoms with Crippen molar-refractivity contribution in [2.24, 2.45) is 0 Å². The number of amides is 1. The first-order valence-electron chi connectivity index (χ1n) is 10.4. The van der Waals surface area contributed by atoms with E-state index < -0.39 is 29.3 Å². The van der Waals surface area contributed by atoms with Crippen molar-refractivity contribution in [3.05, 3.63) is 105 Å². The molecule has 1 aromatic heterocycles. The standard InChI is InChI=1S/C26H16Cl2FNO5/c1-34-19-4-2-3-14-9-20(35-25(14)19)23(31)21-22(13-5-7-17(29)8-6-13)30(26(33)24(21)32)18-11-15(27)10-16(28)12-18/h2-12,22,32H,1H3. The summed E-state index contributed by atoms with van der Waals surface area (Å²) in [7, 11) is 1.47. The van der Waals surface area contributed by atoms with Crippen molar-refractivity contribution in [2.45, 2.75) is 6.04 Å². The Balaban J connectivity index is 1.68. The minimum Gasteiger partial charge on any atom is -0.503 e. The lowest BCUT2D eigenvalue weighted by molar-refractivity contribution is -0.117. The fraction of sp³-hybridized carbons (Fsp3) is 0.0769. The van der Waals surface area contributed by atoms with Crippen LogP contribution in [0.5, 0.6) is 5.75 Å². The fourth-order valence-electron chi connectivity index (χ4n) is 4.18. The SMILES string of the molecule is COc1cccc2cc(C(=O)C3=C(O)C(=O)N(c4cc(Cl)cc(Cl)c4)C3c3ccc(F)cc3)oc12. The highest BCUT2D eigenvalue weighted by molar-refractivity contribution is 6.35. The third-order valence-electron chi connectivity index (χ3n) is 5.72. The van der Waals surface area contributed by atoms with E-state index in [0.717, 1.165) is 0 Å². The average molecular weight is 512 g/mol. The lowest BCUT2D eigenvalue weighted by atomic mass is 9.94. The van der Waals surface area contributed by atoms with Crippen molar-refractivity contribution in [1.82, 2.24) is 0 Å². The summed E-state index contributed by atoms with van der Waals surface area (Å²) in [5.41, 5.74) is 0.759. The van der Waals surface area contributed by atoms with Crippen LogP contribution in [0.15, 0.2) is 82.5 Å². The number of hydrogen-bond donors (Lipinski definition) is 1. The largest absolute Gasteiger partial charge is 0.503 e. The van der Waals surface area contributed by atoms with E-state index in [9.17, 15) is 19.1 Å². The molecule has 0 fully saturated rings. The van der Waals surface area contributed by atoms with Crippen LogP contribution >= 0.6 is 23.2 Å². The Morgan fingerprint density at radius 1 is 1.06 bits per heavy atom. The quantitative estimate of drug-likeness (QED) is 0.302. The molecule has 0 saturated heterocycles. The molecule has 0 spiro atoms. The first-order valence-corrected chi connectivity index (χ1v) is 11.1. The third kappa shape index (κ3) is 3.92. The van der Waals surface area contributed by atoms with Crippen LogP contribution in [0, 0.1) is 5.82 Å². The van der Waals surface area contributed by atoms with Gasteiger partial charge in [-0.2, -0.15) is 0 Å². The molecule has 1 unspecified atom stereocenters. The molecule has 6 nitrogen and oxygen atoms in total. The van der Waals surface area contributed by atoms with E-state index in [-0.39, 0.29) is 27.1 Å². The average Bonchev–Trinajstić information content (AvgIpc) is 3.38. The van der Waals surface area contributed by atoms with Crippen LogP contribution < -0.4 is 9.64 Å². The van der Waals surface area contributed by atoms with Crippen molar-refractivity contribution in [3.63, 3.8) is 0 Å². The number of para-hydroxylation sites is 1. The highest BCUT2D eigenvalue weighted by Gasteiger charge is 2.45. The Labute approximate surface area is 208 Å². The van der Waals surface area contributed by atoms with Gasteiger partial charge in [0, 0.05) is 21.1 Å². The molecule has 0 radical (unpaired) electrons. The minimum atomic E-state index is -1.10. The molecule has 2 heterocycles. The number of fused-ring (bicyclic) bond motifs is 1. The number of aliphatic hydroxyl groups excluding tert-OH is 1. The van der Waals surface area contributed by atoms with Crippen LogP contribution in [0.1, 0.15) is 22.2 Å². The maximum atomic E-state index is 13.7. The number of carbonyl (C=O) groups excluding carboxylic acids is 2. The highest BCUT2D eigenvalue weighted by Crippen LogP contribution is 2.43. The van der Waals surface area contributed by atoms with Gasteiger partial charge in [-0.25, -0.2) is 4.39 Å². The predicted octanol–water partition coefficient (Wildman–Crippen LogP) is 6.67. The zero-order valence-corrected chi connectivity index (χ0v) is 19.6. The fourth-order valence-corrected chi connectivity index (χ4v) is 4.70. The second kappa shape index (κ2) is 8.76. The summed E-state index contributed by atoms with van der Waals surface area (Å²) in [6.45, 7) is 0. The number of aliphatic hydroxyl groups is 1. The molecule has 1 amide bonds. The smallest absolute Gasteiger partial charge is 0.294 e.